The molecule has 1 nitrogen and oxygen atoms in total. The highest BCUT2D eigenvalue weighted by atomic mass is 79.9. The van der Waals surface area contributed by atoms with Gasteiger partial charge in [0.25, 0.3) is 0 Å². The number of aryl methyl sites for hydroxylation is 2. The highest BCUT2D eigenvalue weighted by Crippen LogP contribution is 2.35. The third-order valence-corrected chi connectivity index (χ3v) is 5.51. The van der Waals surface area contributed by atoms with Crippen molar-refractivity contribution in [3.05, 3.63) is 69.8 Å². The van der Waals surface area contributed by atoms with Gasteiger partial charge in [-0.1, -0.05) is 52.3 Å². The number of benzene rings is 2. The minimum Gasteiger partial charge on any atom is -0.372 e. The molecule has 0 fully saturated rings. The van der Waals surface area contributed by atoms with Gasteiger partial charge >= 0.3 is 0 Å². The summed E-state index contributed by atoms with van der Waals surface area (Å²) in [6.45, 7) is 1.52. The summed E-state index contributed by atoms with van der Waals surface area (Å²) in [5.41, 5.74) is 8.44. The van der Waals surface area contributed by atoms with Crippen LogP contribution in [-0.2, 0) is 30.8 Å². The van der Waals surface area contributed by atoms with Gasteiger partial charge in [0, 0.05) is 0 Å². The molecule has 20 heavy (non-hydrogen) atoms. The van der Waals surface area contributed by atoms with Gasteiger partial charge < -0.3 is 4.74 Å². The third-order valence-electron chi connectivity index (χ3n) is 4.45. The molecule has 102 valence electrons. The molecule has 0 amide bonds. The zero-order valence-electron chi connectivity index (χ0n) is 11.4. The largest absolute Gasteiger partial charge is 0.372 e. The Hall–Kier alpha value is -1.12. The van der Waals surface area contributed by atoms with Gasteiger partial charge in [-0.25, -0.2) is 0 Å². The topological polar surface area (TPSA) is 9.23 Å². The number of rotatable bonds is 2. The molecule has 2 heteroatoms. The molecule has 1 aliphatic heterocycles. The Bertz CT molecular complexity index is 605. The number of ether oxygens (including phenoxy) is 1. The van der Waals surface area contributed by atoms with Crippen molar-refractivity contribution >= 4 is 15.9 Å². The van der Waals surface area contributed by atoms with E-state index >= 15 is 0 Å². The molecule has 1 heterocycles. The van der Waals surface area contributed by atoms with Crippen LogP contribution in [0.1, 0.15) is 44.6 Å². The van der Waals surface area contributed by atoms with Crippen LogP contribution in [0, 0.1) is 0 Å². The Morgan fingerprint density at radius 2 is 1.45 bits per heavy atom. The minimum absolute atomic E-state index is 0.277. The maximum atomic E-state index is 5.50. The first kappa shape index (κ1) is 12.6. The van der Waals surface area contributed by atoms with Crippen LogP contribution in [0.15, 0.2) is 36.4 Å². The molecule has 0 spiro atoms. The van der Waals surface area contributed by atoms with Crippen LogP contribution in [0.3, 0.4) is 0 Å². The Labute approximate surface area is 128 Å². The Balaban J connectivity index is 1.68. The van der Waals surface area contributed by atoms with Crippen LogP contribution in [0.5, 0.6) is 0 Å². The van der Waals surface area contributed by atoms with Crippen LogP contribution in [0.2, 0.25) is 0 Å². The lowest BCUT2D eigenvalue weighted by molar-refractivity contribution is 0.134. The van der Waals surface area contributed by atoms with Crippen LogP contribution in [0.25, 0.3) is 0 Å². The molecule has 0 N–H and O–H groups in total. The zero-order valence-corrected chi connectivity index (χ0v) is 12.9. The second-order valence-corrected chi connectivity index (χ2v) is 6.68. The fraction of sp³-hybridized carbons (Fsp3) is 0.333. The fourth-order valence-electron chi connectivity index (χ4n) is 3.29. The van der Waals surface area contributed by atoms with Crippen molar-refractivity contribution < 1.29 is 4.74 Å². The van der Waals surface area contributed by atoms with E-state index in [1.54, 1.807) is 0 Å². The van der Waals surface area contributed by atoms with Crippen LogP contribution < -0.4 is 0 Å². The Morgan fingerprint density at radius 1 is 0.800 bits per heavy atom. The number of fused-ring (bicyclic) bond motifs is 2. The lowest BCUT2D eigenvalue weighted by atomic mass is 9.98. The van der Waals surface area contributed by atoms with Gasteiger partial charge in [0.1, 0.15) is 0 Å². The van der Waals surface area contributed by atoms with E-state index in [0.29, 0.717) is 0 Å². The number of hydrogen-bond donors (Lipinski definition) is 0. The summed E-state index contributed by atoms with van der Waals surface area (Å²) in [7, 11) is 0. The van der Waals surface area contributed by atoms with E-state index in [1.807, 2.05) is 0 Å². The highest BCUT2D eigenvalue weighted by molar-refractivity contribution is 9.09. The van der Waals surface area contributed by atoms with Crippen LogP contribution in [-0.4, -0.2) is 0 Å². The molecule has 2 aromatic rings. The molecule has 0 radical (unpaired) electrons. The summed E-state index contributed by atoms with van der Waals surface area (Å²) in [4.78, 5) is 0.277. The maximum Gasteiger partial charge on any atom is 0.0725 e. The molecular formula is C18H17BrO. The van der Waals surface area contributed by atoms with Crippen LogP contribution >= 0.6 is 15.9 Å². The number of halogens is 1. The number of hydrogen-bond acceptors (Lipinski definition) is 1. The van der Waals surface area contributed by atoms with Crippen molar-refractivity contribution in [2.24, 2.45) is 0 Å². The third kappa shape index (κ3) is 2.11. The summed E-state index contributed by atoms with van der Waals surface area (Å²) in [5, 5.41) is 0. The highest BCUT2D eigenvalue weighted by Gasteiger charge is 2.18. The minimum atomic E-state index is 0.277. The molecule has 0 saturated carbocycles. The lowest BCUT2D eigenvalue weighted by Gasteiger charge is -2.13. The van der Waals surface area contributed by atoms with Crippen molar-refractivity contribution in [1.29, 1.82) is 0 Å². The predicted molar refractivity (Wildman–Crippen MR) is 84.2 cm³/mol. The molecule has 0 aromatic heterocycles. The molecule has 1 atom stereocenters. The standard InChI is InChI=1S/C18H17BrO/c19-18(14-5-4-12-2-1-3-13(12)8-14)15-6-7-16-10-20-11-17(16)9-15/h4-9,18H,1-3,10-11H2. The van der Waals surface area contributed by atoms with Gasteiger partial charge in [-0.2, -0.15) is 0 Å². The van der Waals surface area contributed by atoms with E-state index < -0.39 is 0 Å². The number of alkyl halides is 1. The van der Waals surface area contributed by atoms with Gasteiger partial charge in [0.2, 0.25) is 0 Å². The van der Waals surface area contributed by atoms with E-state index in [-0.39, 0.29) is 4.83 Å². The van der Waals surface area contributed by atoms with E-state index in [9.17, 15) is 0 Å². The van der Waals surface area contributed by atoms with Crippen molar-refractivity contribution in [1.82, 2.24) is 0 Å². The molecule has 2 aliphatic rings. The maximum absolute atomic E-state index is 5.50. The summed E-state index contributed by atoms with van der Waals surface area (Å²) in [5.74, 6) is 0. The first-order valence-electron chi connectivity index (χ1n) is 7.26. The molecule has 1 aliphatic carbocycles. The van der Waals surface area contributed by atoms with Gasteiger partial charge in [-0.3, -0.25) is 0 Å². The monoisotopic (exact) mass is 328 g/mol. The molecule has 0 saturated heterocycles. The first-order valence-corrected chi connectivity index (χ1v) is 8.18. The molecule has 2 aromatic carbocycles. The van der Waals surface area contributed by atoms with Gasteiger partial charge in [-0.15, -0.1) is 0 Å². The summed E-state index contributed by atoms with van der Waals surface area (Å²) >= 11 is 3.87. The van der Waals surface area contributed by atoms with Crippen molar-refractivity contribution in [3.63, 3.8) is 0 Å². The van der Waals surface area contributed by atoms with Gasteiger partial charge in [-0.05, 0) is 52.6 Å². The smallest absolute Gasteiger partial charge is 0.0725 e. The normalized spacial score (nSPS) is 17.9. The molecular weight excluding hydrogens is 312 g/mol. The van der Waals surface area contributed by atoms with Gasteiger partial charge in [0.15, 0.2) is 0 Å². The molecule has 1 unspecified atom stereocenters. The summed E-state index contributed by atoms with van der Waals surface area (Å²) in [6, 6.07) is 13.7. The van der Waals surface area contributed by atoms with Crippen molar-refractivity contribution in [2.45, 2.75) is 37.3 Å². The predicted octanol–water partition coefficient (Wildman–Crippen LogP) is 4.69. The second kappa shape index (κ2) is 5.01. The van der Waals surface area contributed by atoms with Crippen molar-refractivity contribution in [3.8, 4) is 0 Å². The average Bonchev–Trinajstić information content (AvgIpc) is 3.13. The van der Waals surface area contributed by atoms with E-state index in [2.05, 4.69) is 52.3 Å². The Morgan fingerprint density at radius 3 is 2.30 bits per heavy atom. The summed E-state index contributed by atoms with van der Waals surface area (Å²) < 4.78 is 5.50. The Kier molecular flexibility index (Phi) is 3.16. The van der Waals surface area contributed by atoms with E-state index in [1.165, 1.54) is 52.6 Å². The van der Waals surface area contributed by atoms with Crippen LogP contribution in [0.4, 0.5) is 0 Å². The van der Waals surface area contributed by atoms with Crippen molar-refractivity contribution in [2.75, 3.05) is 0 Å². The molecule has 4 rings (SSSR count). The van der Waals surface area contributed by atoms with E-state index in [4.69, 9.17) is 4.74 Å². The first-order chi connectivity index (χ1) is 9.81. The SMILES string of the molecule is BrC(c1ccc2c(c1)CCC2)c1ccc2c(c1)COC2. The molecule has 0 bridgehead atoms. The van der Waals surface area contributed by atoms with Gasteiger partial charge in [0.05, 0.1) is 18.0 Å². The lowest BCUT2D eigenvalue weighted by Crippen LogP contribution is -1.96. The fourth-order valence-corrected chi connectivity index (χ4v) is 3.86. The van der Waals surface area contributed by atoms with E-state index in [0.717, 1.165) is 13.2 Å². The average molecular weight is 329 g/mol. The summed E-state index contributed by atoms with van der Waals surface area (Å²) in [6.07, 6.45) is 3.79. The zero-order chi connectivity index (χ0) is 13.5. The second-order valence-electron chi connectivity index (χ2n) is 5.77. The quantitative estimate of drug-likeness (QED) is 0.726.